The molecular formula is C24H42O18. The van der Waals surface area contributed by atoms with Gasteiger partial charge in [0.15, 0.2) is 25.2 Å². The molecule has 4 heterocycles. The van der Waals surface area contributed by atoms with Gasteiger partial charge in [-0.15, -0.1) is 0 Å². The SMILES string of the molecule is C[C@@H]1O[C@@H](O[C@H]2[C@H](O[C@H]3C(O)O[C@H](C)[C@@H](O)[C@@H]3O)O[C@H](CO)[C@@H](O)[C@@H]2O)[C@H](O)[C@H](O)[C@H]1O[C@@H]1O[C@H](C)[C@@H](O)[C@H](O)[C@H]1O. The summed E-state index contributed by atoms with van der Waals surface area (Å²) < 4.78 is 38.6. The van der Waals surface area contributed by atoms with E-state index in [-0.39, 0.29) is 0 Å². The number of rotatable bonds is 7. The molecule has 0 saturated carbocycles. The van der Waals surface area contributed by atoms with Crippen molar-refractivity contribution in [2.24, 2.45) is 0 Å². The molecule has 0 aromatic rings. The van der Waals surface area contributed by atoms with Crippen LogP contribution in [0.2, 0.25) is 0 Å². The second-order valence-electron chi connectivity index (χ2n) is 11.1. The van der Waals surface area contributed by atoms with Crippen molar-refractivity contribution >= 4 is 0 Å². The van der Waals surface area contributed by atoms with E-state index in [4.69, 9.17) is 33.2 Å². The molecule has 0 amide bonds. The smallest absolute Gasteiger partial charge is 0.187 e. The van der Waals surface area contributed by atoms with Gasteiger partial charge in [0.25, 0.3) is 0 Å². The molecule has 4 aliphatic heterocycles. The molecule has 0 spiro atoms. The molecule has 20 atom stereocenters. The van der Waals surface area contributed by atoms with Crippen LogP contribution < -0.4 is 0 Å². The van der Waals surface area contributed by atoms with Gasteiger partial charge in [-0.2, -0.15) is 0 Å². The molecule has 18 heteroatoms. The fraction of sp³-hybridized carbons (Fsp3) is 1.00. The second kappa shape index (κ2) is 13.7. The first kappa shape index (κ1) is 34.2. The van der Waals surface area contributed by atoms with Crippen LogP contribution in [0.25, 0.3) is 0 Å². The molecule has 42 heavy (non-hydrogen) atoms. The molecular weight excluding hydrogens is 576 g/mol. The summed E-state index contributed by atoms with van der Waals surface area (Å²) >= 11 is 0. The standard InChI is InChI=1S/C24H42O18/c1-5-10(27)13(30)19(21(35)36-5)41-24-20(14(31)11(28)8(4-25)39-24)42-23-17(34)15(32)18(7(3)38-23)40-22-16(33)12(29)9(26)6(2)37-22/h5-35H,4H2,1-3H3/t5-,6-,7+,8-,9-,10-,11-,12+,13+,14+,15+,16-,17-,18+,19-,20-,21?,22+,23+,24+/m1/s1. The summed E-state index contributed by atoms with van der Waals surface area (Å²) in [7, 11) is 0. The van der Waals surface area contributed by atoms with Gasteiger partial charge >= 0.3 is 0 Å². The van der Waals surface area contributed by atoms with Crippen molar-refractivity contribution < 1.29 is 89.3 Å². The van der Waals surface area contributed by atoms with Gasteiger partial charge in [-0.25, -0.2) is 0 Å². The lowest BCUT2D eigenvalue weighted by molar-refractivity contribution is -0.395. The third kappa shape index (κ3) is 6.62. The van der Waals surface area contributed by atoms with E-state index in [1.807, 2.05) is 0 Å². The van der Waals surface area contributed by atoms with Crippen molar-refractivity contribution in [1.29, 1.82) is 0 Å². The van der Waals surface area contributed by atoms with E-state index in [2.05, 4.69) is 0 Å². The van der Waals surface area contributed by atoms with Crippen LogP contribution >= 0.6 is 0 Å². The highest BCUT2D eigenvalue weighted by Crippen LogP contribution is 2.34. The third-order valence-corrected chi connectivity index (χ3v) is 8.09. The monoisotopic (exact) mass is 618 g/mol. The molecule has 18 nitrogen and oxygen atoms in total. The average Bonchev–Trinajstić information content (AvgIpc) is 2.95. The summed E-state index contributed by atoms with van der Waals surface area (Å²) in [5.41, 5.74) is 0. The van der Waals surface area contributed by atoms with Gasteiger partial charge in [-0.1, -0.05) is 0 Å². The number of aliphatic hydroxyl groups excluding tert-OH is 11. The maximum atomic E-state index is 10.9. The molecule has 4 rings (SSSR count). The van der Waals surface area contributed by atoms with Gasteiger partial charge < -0.3 is 89.3 Å². The molecule has 0 bridgehead atoms. The fourth-order valence-electron chi connectivity index (χ4n) is 5.37. The number of hydrogen-bond acceptors (Lipinski definition) is 18. The van der Waals surface area contributed by atoms with Crippen LogP contribution in [0, 0.1) is 0 Å². The van der Waals surface area contributed by atoms with Crippen LogP contribution in [-0.4, -0.2) is 186 Å². The van der Waals surface area contributed by atoms with Crippen LogP contribution in [-0.2, 0) is 33.2 Å². The zero-order valence-corrected chi connectivity index (χ0v) is 23.0. The zero-order valence-electron chi connectivity index (χ0n) is 23.0. The van der Waals surface area contributed by atoms with E-state index in [0.29, 0.717) is 0 Å². The van der Waals surface area contributed by atoms with Crippen LogP contribution in [0.3, 0.4) is 0 Å². The van der Waals surface area contributed by atoms with Crippen LogP contribution in [0.15, 0.2) is 0 Å². The minimum atomic E-state index is -1.89. The van der Waals surface area contributed by atoms with Crippen molar-refractivity contribution in [3.8, 4) is 0 Å². The van der Waals surface area contributed by atoms with E-state index in [1.165, 1.54) is 20.8 Å². The molecule has 4 saturated heterocycles. The van der Waals surface area contributed by atoms with E-state index in [9.17, 15) is 56.2 Å². The average molecular weight is 619 g/mol. The molecule has 1 unspecified atom stereocenters. The Hall–Kier alpha value is -0.720. The molecule has 0 radical (unpaired) electrons. The normalized spacial score (nSPS) is 55.9. The van der Waals surface area contributed by atoms with Crippen molar-refractivity contribution in [3.63, 3.8) is 0 Å². The van der Waals surface area contributed by atoms with Crippen LogP contribution in [0.1, 0.15) is 20.8 Å². The first-order valence-electron chi connectivity index (χ1n) is 13.7. The Bertz CT molecular complexity index is 869. The lowest BCUT2D eigenvalue weighted by Crippen LogP contribution is -2.67. The van der Waals surface area contributed by atoms with E-state index < -0.39 is 129 Å². The van der Waals surface area contributed by atoms with Gasteiger partial charge in [-0.05, 0) is 20.8 Å². The van der Waals surface area contributed by atoms with Crippen LogP contribution in [0.4, 0.5) is 0 Å². The van der Waals surface area contributed by atoms with Crippen LogP contribution in [0.5, 0.6) is 0 Å². The quantitative estimate of drug-likeness (QED) is 0.126. The fourth-order valence-corrected chi connectivity index (χ4v) is 5.37. The molecule has 0 aromatic heterocycles. The van der Waals surface area contributed by atoms with Gasteiger partial charge in [0.1, 0.15) is 79.4 Å². The Morgan fingerprint density at radius 2 is 0.881 bits per heavy atom. The van der Waals surface area contributed by atoms with E-state index >= 15 is 0 Å². The molecule has 4 fully saturated rings. The first-order valence-corrected chi connectivity index (χ1v) is 13.7. The largest absolute Gasteiger partial charge is 0.394 e. The number of aliphatic hydroxyl groups is 11. The van der Waals surface area contributed by atoms with Crippen molar-refractivity contribution in [2.45, 2.75) is 144 Å². The Balaban J connectivity index is 1.48. The number of ether oxygens (including phenoxy) is 7. The summed E-state index contributed by atoms with van der Waals surface area (Å²) in [6.45, 7) is 3.45. The minimum absolute atomic E-state index is 0.784. The lowest BCUT2D eigenvalue weighted by atomic mass is 9.96. The summed E-state index contributed by atoms with van der Waals surface area (Å²) in [6, 6.07) is 0. The zero-order chi connectivity index (χ0) is 31.2. The first-order chi connectivity index (χ1) is 19.7. The van der Waals surface area contributed by atoms with Gasteiger partial charge in [0.05, 0.1) is 24.9 Å². The second-order valence-corrected chi connectivity index (χ2v) is 11.1. The lowest BCUT2D eigenvalue weighted by Gasteiger charge is -2.48. The Morgan fingerprint density at radius 1 is 0.429 bits per heavy atom. The highest BCUT2D eigenvalue weighted by molar-refractivity contribution is 4.96. The van der Waals surface area contributed by atoms with Gasteiger partial charge in [0, 0.05) is 0 Å². The maximum absolute atomic E-state index is 10.9. The van der Waals surface area contributed by atoms with Crippen molar-refractivity contribution in [2.75, 3.05) is 6.61 Å². The Morgan fingerprint density at radius 3 is 1.50 bits per heavy atom. The summed E-state index contributed by atoms with van der Waals surface area (Å²) in [6.07, 6.45) is -31.1. The molecule has 0 aromatic carbocycles. The molecule has 11 N–H and O–H groups in total. The van der Waals surface area contributed by atoms with E-state index in [1.54, 1.807) is 0 Å². The Labute approximate surface area is 240 Å². The summed E-state index contributed by atoms with van der Waals surface area (Å²) in [4.78, 5) is 0. The van der Waals surface area contributed by atoms with Crippen molar-refractivity contribution in [1.82, 2.24) is 0 Å². The number of hydrogen-bond donors (Lipinski definition) is 11. The maximum Gasteiger partial charge on any atom is 0.187 e. The summed E-state index contributed by atoms with van der Waals surface area (Å²) in [5.74, 6) is 0. The molecule has 246 valence electrons. The Kier molecular flexibility index (Phi) is 11.2. The predicted octanol–water partition coefficient (Wildman–Crippen LogP) is -6.67. The molecule has 0 aliphatic carbocycles. The van der Waals surface area contributed by atoms with Gasteiger partial charge in [-0.3, -0.25) is 0 Å². The minimum Gasteiger partial charge on any atom is -0.394 e. The third-order valence-electron chi connectivity index (χ3n) is 8.09. The van der Waals surface area contributed by atoms with Crippen molar-refractivity contribution in [3.05, 3.63) is 0 Å². The summed E-state index contributed by atoms with van der Waals surface area (Å²) in [5, 5.41) is 114. The van der Waals surface area contributed by atoms with E-state index in [0.717, 1.165) is 0 Å². The highest BCUT2D eigenvalue weighted by Gasteiger charge is 2.54. The predicted molar refractivity (Wildman–Crippen MR) is 130 cm³/mol. The molecule has 4 aliphatic rings. The highest BCUT2D eigenvalue weighted by atomic mass is 16.8. The topological polar surface area (TPSA) is 287 Å². The van der Waals surface area contributed by atoms with Gasteiger partial charge in [0.2, 0.25) is 0 Å².